The minimum absolute atomic E-state index is 0.186. The van der Waals surface area contributed by atoms with Gasteiger partial charge in [-0.05, 0) is 12.1 Å². The molecule has 0 atom stereocenters. The third-order valence-electron chi connectivity index (χ3n) is 3.85. The van der Waals surface area contributed by atoms with Gasteiger partial charge in [0.25, 0.3) is 5.91 Å². The Labute approximate surface area is 159 Å². The standard InChI is InChI=1S/C19H16N6OS/c20-16-15(17(25-24-16)21-13-9-5-2-6-10-13)18(26)23-19-22-14(11-27-19)12-7-3-1-4-8-12/h1-11H,(H,22,23,26)(H4,20,21,24,25). The lowest BCUT2D eigenvalue weighted by Crippen LogP contribution is -2.14. The largest absolute Gasteiger partial charge is 0.383 e. The number of thiazole rings is 1. The van der Waals surface area contributed by atoms with Crippen LogP contribution in [0.5, 0.6) is 0 Å². The second-order valence-corrected chi connectivity index (χ2v) is 6.57. The lowest BCUT2D eigenvalue weighted by atomic mass is 10.2. The average molecular weight is 376 g/mol. The van der Waals surface area contributed by atoms with Gasteiger partial charge < -0.3 is 11.1 Å². The van der Waals surface area contributed by atoms with Crippen molar-refractivity contribution in [1.29, 1.82) is 0 Å². The predicted octanol–water partition coefficient (Wildman–Crippen LogP) is 4.11. The highest BCUT2D eigenvalue weighted by Crippen LogP contribution is 2.27. The summed E-state index contributed by atoms with van der Waals surface area (Å²) in [5, 5.41) is 15.0. The number of hydrogen-bond acceptors (Lipinski definition) is 6. The van der Waals surface area contributed by atoms with Crippen molar-refractivity contribution in [2.75, 3.05) is 16.4 Å². The SMILES string of the molecule is Nc1[nH]nc(Nc2ccccc2)c1C(=O)Nc1nc(-c2ccccc2)cs1. The summed E-state index contributed by atoms with van der Waals surface area (Å²) in [6.07, 6.45) is 0. The number of nitrogens with zero attached hydrogens (tertiary/aromatic N) is 2. The second-order valence-electron chi connectivity index (χ2n) is 5.71. The Morgan fingerprint density at radius 1 is 1.04 bits per heavy atom. The maximum atomic E-state index is 12.7. The van der Waals surface area contributed by atoms with Crippen LogP contribution in [0.25, 0.3) is 11.3 Å². The highest BCUT2D eigenvalue weighted by Gasteiger charge is 2.20. The van der Waals surface area contributed by atoms with E-state index in [9.17, 15) is 4.79 Å². The van der Waals surface area contributed by atoms with E-state index < -0.39 is 0 Å². The fraction of sp³-hybridized carbons (Fsp3) is 0. The maximum Gasteiger partial charge on any atom is 0.265 e. The van der Waals surface area contributed by atoms with Crippen LogP contribution in [0.4, 0.5) is 22.5 Å². The number of H-pyrrole nitrogens is 1. The summed E-state index contributed by atoms with van der Waals surface area (Å²) in [5.74, 6) is 0.162. The number of nitrogens with two attached hydrogens (primary N) is 1. The molecule has 134 valence electrons. The van der Waals surface area contributed by atoms with Crippen LogP contribution < -0.4 is 16.4 Å². The first-order valence-electron chi connectivity index (χ1n) is 8.19. The van der Waals surface area contributed by atoms with Crippen LogP contribution in [0.15, 0.2) is 66.0 Å². The third-order valence-corrected chi connectivity index (χ3v) is 4.61. The van der Waals surface area contributed by atoms with Crippen molar-refractivity contribution in [3.63, 3.8) is 0 Å². The molecule has 0 radical (unpaired) electrons. The van der Waals surface area contributed by atoms with E-state index in [-0.39, 0.29) is 17.3 Å². The Balaban J connectivity index is 1.54. The topological polar surface area (TPSA) is 109 Å². The van der Waals surface area contributed by atoms with E-state index >= 15 is 0 Å². The molecular weight excluding hydrogens is 360 g/mol. The van der Waals surface area contributed by atoms with Crippen molar-refractivity contribution < 1.29 is 4.79 Å². The Morgan fingerprint density at radius 3 is 2.48 bits per heavy atom. The molecule has 2 aromatic carbocycles. The van der Waals surface area contributed by atoms with Crippen LogP contribution in [-0.2, 0) is 0 Å². The molecule has 0 spiro atoms. The fourth-order valence-electron chi connectivity index (χ4n) is 2.57. The molecule has 2 aromatic heterocycles. The molecular formula is C19H16N6OS. The maximum absolute atomic E-state index is 12.7. The summed E-state index contributed by atoms with van der Waals surface area (Å²) >= 11 is 1.35. The molecule has 0 aliphatic carbocycles. The highest BCUT2D eigenvalue weighted by molar-refractivity contribution is 7.14. The molecule has 0 aliphatic heterocycles. The molecule has 0 aliphatic rings. The summed E-state index contributed by atoms with van der Waals surface area (Å²) in [4.78, 5) is 17.2. The monoisotopic (exact) mass is 376 g/mol. The summed E-state index contributed by atoms with van der Waals surface area (Å²) in [6.45, 7) is 0. The molecule has 4 rings (SSSR count). The van der Waals surface area contributed by atoms with Crippen LogP contribution in [0, 0.1) is 0 Å². The molecule has 0 saturated heterocycles. The van der Waals surface area contributed by atoms with Crippen LogP contribution in [-0.4, -0.2) is 21.1 Å². The molecule has 4 aromatic rings. The van der Waals surface area contributed by atoms with Gasteiger partial charge in [-0.3, -0.25) is 15.2 Å². The molecule has 5 N–H and O–H groups in total. The first-order chi connectivity index (χ1) is 13.2. The Hall–Kier alpha value is -3.65. The molecule has 2 heterocycles. The third kappa shape index (κ3) is 3.65. The number of aromatic amines is 1. The van der Waals surface area contributed by atoms with Gasteiger partial charge in [0, 0.05) is 16.6 Å². The normalized spacial score (nSPS) is 10.5. The van der Waals surface area contributed by atoms with Crippen molar-refractivity contribution in [2.45, 2.75) is 0 Å². The predicted molar refractivity (Wildman–Crippen MR) is 108 cm³/mol. The van der Waals surface area contributed by atoms with E-state index in [0.717, 1.165) is 16.9 Å². The van der Waals surface area contributed by atoms with Crippen LogP contribution in [0.2, 0.25) is 0 Å². The van der Waals surface area contributed by atoms with Gasteiger partial charge in [-0.25, -0.2) is 4.98 Å². The van der Waals surface area contributed by atoms with Gasteiger partial charge in [0.1, 0.15) is 11.4 Å². The minimum Gasteiger partial charge on any atom is -0.383 e. The van der Waals surface area contributed by atoms with Crippen molar-refractivity contribution in [3.8, 4) is 11.3 Å². The minimum atomic E-state index is -0.381. The summed E-state index contributed by atoms with van der Waals surface area (Å²) in [7, 11) is 0. The van der Waals surface area contributed by atoms with Gasteiger partial charge in [0.05, 0.1) is 5.69 Å². The number of aromatic nitrogens is 3. The number of carbonyl (C=O) groups is 1. The van der Waals surface area contributed by atoms with E-state index in [4.69, 9.17) is 5.73 Å². The smallest absolute Gasteiger partial charge is 0.265 e. The number of nitrogen functional groups attached to an aromatic ring is 1. The fourth-order valence-corrected chi connectivity index (χ4v) is 3.28. The van der Waals surface area contributed by atoms with Crippen LogP contribution in [0.1, 0.15) is 10.4 Å². The molecule has 0 unspecified atom stereocenters. The lowest BCUT2D eigenvalue weighted by molar-refractivity contribution is 0.102. The number of hydrogen-bond donors (Lipinski definition) is 4. The zero-order valence-electron chi connectivity index (χ0n) is 14.1. The van der Waals surface area contributed by atoms with Gasteiger partial charge in [-0.1, -0.05) is 48.5 Å². The zero-order valence-corrected chi connectivity index (χ0v) is 15.0. The van der Waals surface area contributed by atoms with Crippen molar-refractivity contribution in [3.05, 3.63) is 71.6 Å². The first kappa shape index (κ1) is 16.8. The number of carbonyl (C=O) groups excluding carboxylic acids is 1. The van der Waals surface area contributed by atoms with Crippen molar-refractivity contribution >= 4 is 39.7 Å². The van der Waals surface area contributed by atoms with E-state index in [0.29, 0.717) is 10.9 Å². The Bertz CT molecular complexity index is 1060. The van der Waals surface area contributed by atoms with E-state index in [2.05, 4.69) is 25.8 Å². The van der Waals surface area contributed by atoms with Gasteiger partial charge in [-0.2, -0.15) is 5.10 Å². The number of amides is 1. The van der Waals surface area contributed by atoms with Gasteiger partial charge in [0.15, 0.2) is 10.9 Å². The molecule has 7 nitrogen and oxygen atoms in total. The van der Waals surface area contributed by atoms with Gasteiger partial charge in [-0.15, -0.1) is 11.3 Å². The number of rotatable bonds is 5. The summed E-state index contributed by atoms with van der Waals surface area (Å²) in [5.41, 5.74) is 8.75. The van der Waals surface area contributed by atoms with E-state index in [1.54, 1.807) is 0 Å². The molecule has 27 heavy (non-hydrogen) atoms. The molecule has 1 amide bonds. The van der Waals surface area contributed by atoms with Gasteiger partial charge in [0.2, 0.25) is 0 Å². The lowest BCUT2D eigenvalue weighted by Gasteiger charge is -2.06. The number of benzene rings is 2. The highest BCUT2D eigenvalue weighted by atomic mass is 32.1. The van der Waals surface area contributed by atoms with E-state index in [1.807, 2.05) is 66.0 Å². The quantitative estimate of drug-likeness (QED) is 0.419. The van der Waals surface area contributed by atoms with Crippen molar-refractivity contribution in [2.24, 2.45) is 0 Å². The summed E-state index contributed by atoms with van der Waals surface area (Å²) < 4.78 is 0. The van der Waals surface area contributed by atoms with E-state index in [1.165, 1.54) is 11.3 Å². The average Bonchev–Trinajstić information content (AvgIpc) is 3.30. The number of anilines is 4. The Morgan fingerprint density at radius 2 is 1.74 bits per heavy atom. The van der Waals surface area contributed by atoms with Crippen LogP contribution >= 0.6 is 11.3 Å². The first-order valence-corrected chi connectivity index (χ1v) is 9.07. The Kier molecular flexibility index (Phi) is 4.54. The number of nitrogens with one attached hydrogen (secondary N) is 3. The van der Waals surface area contributed by atoms with Gasteiger partial charge >= 0.3 is 0 Å². The molecule has 0 bridgehead atoms. The molecule has 0 fully saturated rings. The zero-order chi connectivity index (χ0) is 18.6. The second kappa shape index (κ2) is 7.30. The molecule has 0 saturated carbocycles. The number of para-hydroxylation sites is 1. The summed E-state index contributed by atoms with van der Waals surface area (Å²) in [6, 6.07) is 19.2. The molecule has 8 heteroatoms. The van der Waals surface area contributed by atoms with Crippen LogP contribution in [0.3, 0.4) is 0 Å². The van der Waals surface area contributed by atoms with Crippen molar-refractivity contribution in [1.82, 2.24) is 15.2 Å².